The maximum atomic E-state index is 12.9. The van der Waals surface area contributed by atoms with Crippen LogP contribution in [0.3, 0.4) is 0 Å². The van der Waals surface area contributed by atoms with Crippen LogP contribution >= 0.6 is 0 Å². The van der Waals surface area contributed by atoms with Crippen LogP contribution in [0.4, 0.5) is 4.39 Å². The predicted molar refractivity (Wildman–Crippen MR) is 59.1 cm³/mol. The molecule has 1 rings (SSSR count). The number of benzene rings is 1. The number of nitrogens with two attached hydrogens (primary N) is 1. The van der Waals surface area contributed by atoms with Crippen LogP contribution in [0.5, 0.6) is 0 Å². The van der Waals surface area contributed by atoms with Crippen LogP contribution in [0.15, 0.2) is 18.2 Å². The monoisotopic (exact) mass is 211 g/mol. The van der Waals surface area contributed by atoms with Gasteiger partial charge in [-0.25, -0.2) is 4.39 Å². The molecule has 0 bridgehead atoms. The highest BCUT2D eigenvalue weighted by Gasteiger charge is 2.22. The maximum absolute atomic E-state index is 12.9. The number of aryl methyl sites for hydroxylation is 1. The molecule has 1 unspecified atom stereocenters. The second-order valence-electron chi connectivity index (χ2n) is 4.42. The molecule has 0 spiro atoms. The maximum Gasteiger partial charge on any atom is 0.123 e. The Balaban J connectivity index is 2.89. The molecule has 0 fully saturated rings. The first-order chi connectivity index (χ1) is 7.00. The van der Waals surface area contributed by atoms with E-state index in [1.807, 2.05) is 13.8 Å². The van der Waals surface area contributed by atoms with Crippen LogP contribution in [0.25, 0.3) is 0 Å². The Morgan fingerprint density at radius 1 is 1.47 bits per heavy atom. The third-order valence-corrected chi connectivity index (χ3v) is 2.80. The molecule has 84 valence electrons. The zero-order valence-corrected chi connectivity index (χ0v) is 9.26. The first-order valence-corrected chi connectivity index (χ1v) is 5.07. The van der Waals surface area contributed by atoms with Crippen LogP contribution in [0.1, 0.15) is 18.1 Å². The van der Waals surface area contributed by atoms with E-state index in [4.69, 9.17) is 5.73 Å². The summed E-state index contributed by atoms with van der Waals surface area (Å²) in [5, 5.41) is 9.24. The summed E-state index contributed by atoms with van der Waals surface area (Å²) in [6.07, 6.45) is 0.673. The molecule has 2 nitrogen and oxygen atoms in total. The van der Waals surface area contributed by atoms with Crippen LogP contribution in [0, 0.1) is 18.2 Å². The summed E-state index contributed by atoms with van der Waals surface area (Å²) in [6, 6.07) is 4.70. The molecule has 0 radical (unpaired) electrons. The molecule has 1 atom stereocenters. The van der Waals surface area contributed by atoms with Crippen molar-refractivity contribution in [2.45, 2.75) is 20.3 Å². The minimum atomic E-state index is -0.317. The van der Waals surface area contributed by atoms with Gasteiger partial charge in [0.1, 0.15) is 5.82 Å². The molecule has 1 aromatic rings. The first kappa shape index (κ1) is 12.1. The standard InChI is InChI=1S/C12H18FNO/c1-9-5-11(13)4-3-10(9)6-12(2,7-14)8-15/h3-5,15H,6-8,14H2,1-2H3. The summed E-state index contributed by atoms with van der Waals surface area (Å²) in [7, 11) is 0. The van der Waals surface area contributed by atoms with Gasteiger partial charge in [-0.15, -0.1) is 0 Å². The molecule has 0 saturated carbocycles. The van der Waals surface area contributed by atoms with Crippen molar-refractivity contribution in [1.29, 1.82) is 0 Å². The molecule has 3 heteroatoms. The third-order valence-electron chi connectivity index (χ3n) is 2.80. The number of aliphatic hydroxyl groups is 1. The highest BCUT2D eigenvalue weighted by molar-refractivity contribution is 5.27. The van der Waals surface area contributed by atoms with Gasteiger partial charge in [0.05, 0.1) is 0 Å². The summed E-state index contributed by atoms with van der Waals surface area (Å²) in [6.45, 7) is 4.25. The van der Waals surface area contributed by atoms with Gasteiger partial charge in [-0.2, -0.15) is 0 Å². The van der Waals surface area contributed by atoms with Crippen LogP contribution in [-0.4, -0.2) is 18.3 Å². The van der Waals surface area contributed by atoms with Gasteiger partial charge < -0.3 is 10.8 Å². The number of halogens is 1. The molecule has 0 aliphatic carbocycles. The van der Waals surface area contributed by atoms with E-state index in [9.17, 15) is 9.50 Å². The van der Waals surface area contributed by atoms with Crippen LogP contribution < -0.4 is 5.73 Å². The van der Waals surface area contributed by atoms with Gasteiger partial charge in [0, 0.05) is 18.6 Å². The number of hydrogen-bond donors (Lipinski definition) is 2. The average Bonchev–Trinajstić information content (AvgIpc) is 2.22. The van der Waals surface area contributed by atoms with E-state index in [1.54, 1.807) is 6.07 Å². The Labute approximate surface area is 89.9 Å². The van der Waals surface area contributed by atoms with Gasteiger partial charge in [-0.05, 0) is 36.6 Å². The molecule has 0 aromatic heterocycles. The average molecular weight is 211 g/mol. The van der Waals surface area contributed by atoms with Crippen molar-refractivity contribution in [2.24, 2.45) is 11.1 Å². The van der Waals surface area contributed by atoms with Gasteiger partial charge in [0.25, 0.3) is 0 Å². The Morgan fingerprint density at radius 2 is 2.13 bits per heavy atom. The van der Waals surface area contributed by atoms with Crippen molar-refractivity contribution < 1.29 is 9.50 Å². The van der Waals surface area contributed by atoms with Crippen LogP contribution in [-0.2, 0) is 6.42 Å². The van der Waals surface area contributed by atoms with E-state index in [-0.39, 0.29) is 17.8 Å². The molecule has 1 aromatic carbocycles. The highest BCUT2D eigenvalue weighted by atomic mass is 19.1. The Hall–Kier alpha value is -0.930. The van der Waals surface area contributed by atoms with E-state index < -0.39 is 0 Å². The van der Waals surface area contributed by atoms with Gasteiger partial charge >= 0.3 is 0 Å². The molecule has 15 heavy (non-hydrogen) atoms. The number of hydrogen-bond acceptors (Lipinski definition) is 2. The van der Waals surface area contributed by atoms with Crippen molar-refractivity contribution >= 4 is 0 Å². The molecule has 0 saturated heterocycles. The van der Waals surface area contributed by atoms with E-state index in [0.29, 0.717) is 13.0 Å². The molecule has 0 heterocycles. The van der Waals surface area contributed by atoms with Crippen molar-refractivity contribution in [3.05, 3.63) is 35.1 Å². The largest absolute Gasteiger partial charge is 0.396 e. The van der Waals surface area contributed by atoms with Crippen molar-refractivity contribution in [2.75, 3.05) is 13.2 Å². The summed E-state index contributed by atoms with van der Waals surface area (Å²) >= 11 is 0. The second-order valence-corrected chi connectivity index (χ2v) is 4.42. The topological polar surface area (TPSA) is 46.2 Å². The van der Waals surface area contributed by atoms with Crippen molar-refractivity contribution in [3.8, 4) is 0 Å². The zero-order chi connectivity index (χ0) is 11.5. The summed E-state index contributed by atoms with van der Waals surface area (Å²) in [5.74, 6) is -0.227. The quantitative estimate of drug-likeness (QED) is 0.795. The van der Waals surface area contributed by atoms with E-state index in [0.717, 1.165) is 11.1 Å². The number of aliphatic hydroxyl groups excluding tert-OH is 1. The smallest absolute Gasteiger partial charge is 0.123 e. The van der Waals surface area contributed by atoms with Gasteiger partial charge in [-0.3, -0.25) is 0 Å². The summed E-state index contributed by atoms with van der Waals surface area (Å²) in [4.78, 5) is 0. The predicted octanol–water partition coefficient (Wildman–Crippen LogP) is 1.63. The van der Waals surface area contributed by atoms with E-state index in [2.05, 4.69) is 0 Å². The van der Waals surface area contributed by atoms with Crippen LogP contribution in [0.2, 0.25) is 0 Å². The second kappa shape index (κ2) is 4.73. The minimum Gasteiger partial charge on any atom is -0.396 e. The van der Waals surface area contributed by atoms with Gasteiger partial charge in [-0.1, -0.05) is 13.0 Å². The fourth-order valence-corrected chi connectivity index (χ4v) is 1.51. The lowest BCUT2D eigenvalue weighted by Gasteiger charge is -2.26. The lowest BCUT2D eigenvalue weighted by atomic mass is 9.83. The number of rotatable bonds is 4. The van der Waals surface area contributed by atoms with E-state index >= 15 is 0 Å². The third kappa shape index (κ3) is 3.01. The molecular weight excluding hydrogens is 193 g/mol. The van der Waals surface area contributed by atoms with Gasteiger partial charge in [0.2, 0.25) is 0 Å². The van der Waals surface area contributed by atoms with Crippen molar-refractivity contribution in [1.82, 2.24) is 0 Å². The molecule has 3 N–H and O–H groups in total. The fourth-order valence-electron chi connectivity index (χ4n) is 1.51. The fraction of sp³-hybridized carbons (Fsp3) is 0.500. The Bertz CT molecular complexity index is 334. The summed E-state index contributed by atoms with van der Waals surface area (Å²) in [5.41, 5.74) is 7.24. The minimum absolute atomic E-state index is 0.0420. The highest BCUT2D eigenvalue weighted by Crippen LogP contribution is 2.23. The zero-order valence-electron chi connectivity index (χ0n) is 9.26. The SMILES string of the molecule is Cc1cc(F)ccc1CC(C)(CN)CO. The molecule has 0 aliphatic heterocycles. The first-order valence-electron chi connectivity index (χ1n) is 5.07. The Morgan fingerprint density at radius 3 is 2.60 bits per heavy atom. The Kier molecular flexibility index (Phi) is 3.83. The molecule has 0 amide bonds. The van der Waals surface area contributed by atoms with Gasteiger partial charge in [0.15, 0.2) is 0 Å². The normalized spacial score (nSPS) is 15.0. The summed E-state index contributed by atoms with van der Waals surface area (Å²) < 4.78 is 12.9. The van der Waals surface area contributed by atoms with E-state index in [1.165, 1.54) is 12.1 Å². The molecular formula is C12H18FNO. The molecule has 0 aliphatic rings. The lowest BCUT2D eigenvalue weighted by Crippen LogP contribution is -2.33. The van der Waals surface area contributed by atoms with Crippen molar-refractivity contribution in [3.63, 3.8) is 0 Å². The lowest BCUT2D eigenvalue weighted by molar-refractivity contribution is 0.149.